The summed E-state index contributed by atoms with van der Waals surface area (Å²) in [4.78, 5) is 10.7. The number of aldehydes is 1. The van der Waals surface area contributed by atoms with Gasteiger partial charge in [-0.1, -0.05) is 0 Å². The first kappa shape index (κ1) is 10.3. The molecule has 0 heterocycles. The normalized spacial score (nSPS) is 9.77. The van der Waals surface area contributed by atoms with Crippen molar-refractivity contribution in [1.82, 2.24) is 0 Å². The van der Waals surface area contributed by atoms with Crippen LogP contribution in [0, 0.1) is 6.92 Å². The second kappa shape index (κ2) is 4.42. The summed E-state index contributed by atoms with van der Waals surface area (Å²) in [7, 11) is 0. The van der Waals surface area contributed by atoms with E-state index in [1.807, 2.05) is 26.0 Å². The van der Waals surface area contributed by atoms with Crippen molar-refractivity contribution in [3.63, 3.8) is 0 Å². The zero-order valence-electron chi connectivity index (χ0n) is 7.63. The van der Waals surface area contributed by atoms with Crippen LogP contribution in [0.15, 0.2) is 16.6 Å². The predicted octanol–water partition coefficient (Wildman–Crippen LogP) is 2.97. The zero-order chi connectivity index (χ0) is 9.84. The third-order valence-corrected chi connectivity index (χ3v) is 2.22. The van der Waals surface area contributed by atoms with Crippen LogP contribution in [0.3, 0.4) is 0 Å². The summed E-state index contributed by atoms with van der Waals surface area (Å²) in [5, 5.41) is 0. The molecule has 1 aromatic carbocycles. The Hall–Kier alpha value is -0.830. The molecule has 70 valence electrons. The van der Waals surface area contributed by atoms with Crippen LogP contribution in [0.1, 0.15) is 22.8 Å². The molecule has 2 nitrogen and oxygen atoms in total. The van der Waals surface area contributed by atoms with E-state index in [9.17, 15) is 4.79 Å². The fraction of sp³-hybridized carbons (Fsp3) is 0.300. The SMILES string of the molecule is CCOc1c(Br)cc(C)cc1C=O. The fourth-order valence-electron chi connectivity index (χ4n) is 1.14. The molecule has 0 bridgehead atoms. The molecule has 0 aliphatic heterocycles. The minimum Gasteiger partial charge on any atom is -0.492 e. The molecule has 0 saturated heterocycles. The van der Waals surface area contributed by atoms with Crippen molar-refractivity contribution in [2.45, 2.75) is 13.8 Å². The molecule has 3 heteroatoms. The van der Waals surface area contributed by atoms with Crippen LogP contribution in [0.4, 0.5) is 0 Å². The lowest BCUT2D eigenvalue weighted by atomic mass is 10.1. The maximum atomic E-state index is 10.7. The smallest absolute Gasteiger partial charge is 0.153 e. The van der Waals surface area contributed by atoms with Gasteiger partial charge in [-0.15, -0.1) is 0 Å². The largest absolute Gasteiger partial charge is 0.492 e. The van der Waals surface area contributed by atoms with Gasteiger partial charge in [0.25, 0.3) is 0 Å². The van der Waals surface area contributed by atoms with E-state index in [4.69, 9.17) is 4.74 Å². The third kappa shape index (κ3) is 2.31. The first-order valence-electron chi connectivity index (χ1n) is 4.07. The predicted molar refractivity (Wildman–Crippen MR) is 55.4 cm³/mol. The molecule has 0 spiro atoms. The van der Waals surface area contributed by atoms with Crippen molar-refractivity contribution >= 4 is 22.2 Å². The lowest BCUT2D eigenvalue weighted by Gasteiger charge is -2.09. The molecule has 0 atom stereocenters. The van der Waals surface area contributed by atoms with Crippen LogP contribution < -0.4 is 4.74 Å². The molecule has 0 aliphatic carbocycles. The maximum Gasteiger partial charge on any atom is 0.153 e. The Morgan fingerprint density at radius 1 is 1.54 bits per heavy atom. The topological polar surface area (TPSA) is 26.3 Å². The molecular formula is C10H11BrO2. The molecule has 13 heavy (non-hydrogen) atoms. The Morgan fingerprint density at radius 2 is 2.23 bits per heavy atom. The van der Waals surface area contributed by atoms with Crippen LogP contribution in [0.5, 0.6) is 5.75 Å². The van der Waals surface area contributed by atoms with Crippen LogP contribution in [0.2, 0.25) is 0 Å². The summed E-state index contributed by atoms with van der Waals surface area (Å²) in [6.07, 6.45) is 0.808. The number of aryl methyl sites for hydroxylation is 1. The van der Waals surface area contributed by atoms with Gasteiger partial charge in [0.1, 0.15) is 5.75 Å². The number of rotatable bonds is 3. The summed E-state index contributed by atoms with van der Waals surface area (Å²) in [5.41, 5.74) is 1.63. The highest BCUT2D eigenvalue weighted by Gasteiger charge is 2.07. The standard InChI is InChI=1S/C10H11BrO2/c1-3-13-10-8(6-12)4-7(2)5-9(10)11/h4-6H,3H2,1-2H3. The van der Waals surface area contributed by atoms with Gasteiger partial charge in [0.15, 0.2) is 6.29 Å². The molecule has 0 aliphatic rings. The quantitative estimate of drug-likeness (QED) is 0.763. The number of hydrogen-bond acceptors (Lipinski definition) is 2. The molecule has 0 unspecified atom stereocenters. The Bertz CT molecular complexity index is 321. The molecule has 1 aromatic rings. The van der Waals surface area contributed by atoms with Crippen LogP contribution in [0.25, 0.3) is 0 Å². The summed E-state index contributed by atoms with van der Waals surface area (Å²) in [6.45, 7) is 4.39. The van der Waals surface area contributed by atoms with Gasteiger partial charge in [-0.25, -0.2) is 0 Å². The second-order valence-corrected chi connectivity index (χ2v) is 3.57. The first-order valence-corrected chi connectivity index (χ1v) is 4.86. The lowest BCUT2D eigenvalue weighted by molar-refractivity contribution is 0.111. The number of halogens is 1. The summed E-state index contributed by atoms with van der Waals surface area (Å²) in [6, 6.07) is 3.74. The number of carbonyl (C=O) groups is 1. The van der Waals surface area contributed by atoms with E-state index in [1.54, 1.807) is 0 Å². The van der Waals surface area contributed by atoms with Gasteiger partial charge in [-0.3, -0.25) is 4.79 Å². The Morgan fingerprint density at radius 3 is 2.77 bits per heavy atom. The van der Waals surface area contributed by atoms with Gasteiger partial charge < -0.3 is 4.74 Å². The van der Waals surface area contributed by atoms with Crippen molar-refractivity contribution in [2.24, 2.45) is 0 Å². The average molecular weight is 243 g/mol. The summed E-state index contributed by atoms with van der Waals surface area (Å²) >= 11 is 3.36. The molecule has 0 saturated carbocycles. The minimum absolute atomic E-state index is 0.558. The second-order valence-electron chi connectivity index (χ2n) is 2.72. The van der Waals surface area contributed by atoms with E-state index in [2.05, 4.69) is 15.9 Å². The van der Waals surface area contributed by atoms with E-state index in [0.717, 1.165) is 16.3 Å². The van der Waals surface area contributed by atoms with Crippen molar-refractivity contribution in [3.8, 4) is 5.75 Å². The molecule has 0 radical (unpaired) electrons. The number of ether oxygens (including phenoxy) is 1. The van der Waals surface area contributed by atoms with Gasteiger partial charge in [0.2, 0.25) is 0 Å². The lowest BCUT2D eigenvalue weighted by Crippen LogP contribution is -1.97. The average Bonchev–Trinajstić information content (AvgIpc) is 2.09. The van der Waals surface area contributed by atoms with Crippen molar-refractivity contribution < 1.29 is 9.53 Å². The molecule has 0 aromatic heterocycles. The monoisotopic (exact) mass is 242 g/mol. The highest BCUT2D eigenvalue weighted by Crippen LogP contribution is 2.29. The van der Waals surface area contributed by atoms with E-state index in [0.29, 0.717) is 17.9 Å². The van der Waals surface area contributed by atoms with E-state index >= 15 is 0 Å². The molecule has 0 N–H and O–H groups in total. The number of hydrogen-bond donors (Lipinski definition) is 0. The van der Waals surface area contributed by atoms with Gasteiger partial charge in [0.05, 0.1) is 16.6 Å². The minimum atomic E-state index is 0.558. The highest BCUT2D eigenvalue weighted by atomic mass is 79.9. The Labute approximate surface area is 86.0 Å². The summed E-state index contributed by atoms with van der Waals surface area (Å²) < 4.78 is 6.17. The van der Waals surface area contributed by atoms with E-state index in [1.165, 1.54) is 0 Å². The third-order valence-electron chi connectivity index (χ3n) is 1.63. The van der Waals surface area contributed by atoms with Crippen molar-refractivity contribution in [2.75, 3.05) is 6.61 Å². The van der Waals surface area contributed by atoms with Crippen LogP contribution in [-0.2, 0) is 0 Å². The highest BCUT2D eigenvalue weighted by molar-refractivity contribution is 9.10. The van der Waals surface area contributed by atoms with E-state index < -0.39 is 0 Å². The molecule has 0 amide bonds. The van der Waals surface area contributed by atoms with Crippen molar-refractivity contribution in [1.29, 1.82) is 0 Å². The molecule has 1 rings (SSSR count). The van der Waals surface area contributed by atoms with Gasteiger partial charge in [-0.2, -0.15) is 0 Å². The molecular weight excluding hydrogens is 232 g/mol. The molecule has 0 fully saturated rings. The van der Waals surface area contributed by atoms with Gasteiger partial charge >= 0.3 is 0 Å². The van der Waals surface area contributed by atoms with E-state index in [-0.39, 0.29) is 0 Å². The number of benzene rings is 1. The van der Waals surface area contributed by atoms with Crippen molar-refractivity contribution in [3.05, 3.63) is 27.7 Å². The Kier molecular flexibility index (Phi) is 3.48. The maximum absolute atomic E-state index is 10.7. The van der Waals surface area contributed by atoms with Crippen LogP contribution >= 0.6 is 15.9 Å². The summed E-state index contributed by atoms with van der Waals surface area (Å²) in [5.74, 6) is 0.628. The van der Waals surface area contributed by atoms with Crippen LogP contribution in [-0.4, -0.2) is 12.9 Å². The Balaban J connectivity index is 3.21. The zero-order valence-corrected chi connectivity index (χ0v) is 9.22. The fourth-order valence-corrected chi connectivity index (χ4v) is 1.84. The van der Waals surface area contributed by atoms with Gasteiger partial charge in [0, 0.05) is 0 Å². The van der Waals surface area contributed by atoms with Gasteiger partial charge in [-0.05, 0) is 47.5 Å². The number of carbonyl (C=O) groups excluding carboxylic acids is 1. The first-order chi connectivity index (χ1) is 6.19.